The van der Waals surface area contributed by atoms with Gasteiger partial charge in [-0.05, 0) is 79.8 Å². The van der Waals surface area contributed by atoms with Gasteiger partial charge < -0.3 is 15.7 Å². The Hall–Kier alpha value is -2.31. The van der Waals surface area contributed by atoms with E-state index in [2.05, 4.69) is 22.8 Å². The highest BCUT2D eigenvalue weighted by Crippen LogP contribution is 2.38. The van der Waals surface area contributed by atoms with Crippen LogP contribution in [0.4, 0.5) is 5.82 Å². The van der Waals surface area contributed by atoms with Crippen molar-refractivity contribution in [3.05, 3.63) is 57.2 Å². The number of nitrogens with one attached hydrogen (secondary N) is 2. The Kier molecular flexibility index (Phi) is 7.21. The molecule has 0 unspecified atom stereocenters. The minimum absolute atomic E-state index is 0.0934. The predicted octanol–water partition coefficient (Wildman–Crippen LogP) is 5.04. The Balaban J connectivity index is 1.28. The van der Waals surface area contributed by atoms with Crippen LogP contribution in [0.3, 0.4) is 0 Å². The summed E-state index contributed by atoms with van der Waals surface area (Å²) in [5.74, 6) is 0.300. The van der Waals surface area contributed by atoms with Gasteiger partial charge in [0, 0.05) is 28.2 Å². The van der Waals surface area contributed by atoms with Crippen LogP contribution >= 0.6 is 23.2 Å². The monoisotopic (exact) mass is 475 g/mol. The fraction of sp³-hybridized carbons (Fsp3) is 0.458. The smallest absolute Gasteiger partial charge is 0.305 e. The number of aryl methyl sites for hydroxylation is 2. The van der Waals surface area contributed by atoms with E-state index in [1.165, 1.54) is 5.56 Å². The molecule has 1 fully saturated rings. The van der Waals surface area contributed by atoms with Crippen molar-refractivity contribution >= 4 is 40.9 Å². The molecule has 170 valence electrons. The van der Waals surface area contributed by atoms with Crippen LogP contribution in [-0.2, 0) is 22.4 Å². The molecule has 0 radical (unpaired) electrons. The molecule has 2 aliphatic rings. The number of carbonyl (C=O) groups is 2. The molecule has 1 amide bonds. The second-order valence-electron chi connectivity index (χ2n) is 8.78. The highest BCUT2D eigenvalue weighted by Gasteiger charge is 2.35. The number of carboxylic acids is 1. The molecule has 1 saturated carbocycles. The van der Waals surface area contributed by atoms with Crippen LogP contribution in [0, 0.1) is 11.8 Å². The zero-order valence-electron chi connectivity index (χ0n) is 17.7. The lowest BCUT2D eigenvalue weighted by Crippen LogP contribution is -2.41. The highest BCUT2D eigenvalue weighted by atomic mass is 35.5. The SMILES string of the molecule is O=C(O)C[C@H](NC(=O)C1CC(CCc2ccc3c(n2)NCCC3)C1)c1cc(Cl)cc(Cl)c1. The van der Waals surface area contributed by atoms with Crippen molar-refractivity contribution in [1.29, 1.82) is 0 Å². The van der Waals surface area contributed by atoms with E-state index >= 15 is 0 Å². The summed E-state index contributed by atoms with van der Waals surface area (Å²) in [6.45, 7) is 0.979. The Morgan fingerprint density at radius 3 is 2.66 bits per heavy atom. The van der Waals surface area contributed by atoms with Crippen LogP contribution in [0.5, 0.6) is 0 Å². The van der Waals surface area contributed by atoms with E-state index in [4.69, 9.17) is 28.2 Å². The summed E-state index contributed by atoms with van der Waals surface area (Å²) in [4.78, 5) is 28.8. The second-order valence-corrected chi connectivity index (χ2v) is 9.65. The van der Waals surface area contributed by atoms with Gasteiger partial charge in [-0.15, -0.1) is 0 Å². The third kappa shape index (κ3) is 5.73. The molecule has 1 aliphatic carbocycles. The zero-order chi connectivity index (χ0) is 22.7. The summed E-state index contributed by atoms with van der Waals surface area (Å²) in [5, 5.41) is 16.4. The first-order chi connectivity index (χ1) is 15.4. The molecule has 0 spiro atoms. The molecule has 6 nitrogen and oxygen atoms in total. The van der Waals surface area contributed by atoms with E-state index < -0.39 is 12.0 Å². The number of amides is 1. The maximum absolute atomic E-state index is 12.8. The Morgan fingerprint density at radius 2 is 1.94 bits per heavy atom. The number of anilines is 1. The molecule has 4 rings (SSSR count). The Labute approximate surface area is 197 Å². The zero-order valence-corrected chi connectivity index (χ0v) is 19.3. The average molecular weight is 476 g/mol. The van der Waals surface area contributed by atoms with Crippen LogP contribution in [-0.4, -0.2) is 28.5 Å². The quantitative estimate of drug-likeness (QED) is 0.497. The van der Waals surface area contributed by atoms with Gasteiger partial charge in [0.15, 0.2) is 0 Å². The van der Waals surface area contributed by atoms with Crippen molar-refractivity contribution in [1.82, 2.24) is 10.3 Å². The van der Waals surface area contributed by atoms with Gasteiger partial charge in [0.05, 0.1) is 12.5 Å². The number of hydrogen-bond donors (Lipinski definition) is 3. The third-order valence-corrected chi connectivity index (χ3v) is 6.79. The fourth-order valence-corrected chi connectivity index (χ4v) is 5.08. The molecule has 0 bridgehead atoms. The van der Waals surface area contributed by atoms with Gasteiger partial charge >= 0.3 is 5.97 Å². The number of aliphatic carboxylic acids is 1. The molecule has 2 aromatic rings. The summed E-state index contributed by atoms with van der Waals surface area (Å²) in [5.41, 5.74) is 2.98. The number of nitrogens with zero attached hydrogens (tertiary/aromatic N) is 1. The van der Waals surface area contributed by atoms with Gasteiger partial charge in [-0.1, -0.05) is 29.3 Å². The lowest BCUT2D eigenvalue weighted by atomic mass is 9.72. The maximum Gasteiger partial charge on any atom is 0.305 e. The number of aromatic nitrogens is 1. The number of halogens is 2. The molecule has 32 heavy (non-hydrogen) atoms. The summed E-state index contributed by atoms with van der Waals surface area (Å²) in [7, 11) is 0. The van der Waals surface area contributed by atoms with Crippen molar-refractivity contribution in [2.75, 3.05) is 11.9 Å². The van der Waals surface area contributed by atoms with Crippen LogP contribution < -0.4 is 10.6 Å². The average Bonchev–Trinajstić information content (AvgIpc) is 2.71. The number of rotatable bonds is 8. The molecule has 1 aromatic carbocycles. The van der Waals surface area contributed by atoms with Gasteiger partial charge in [0.2, 0.25) is 5.91 Å². The minimum Gasteiger partial charge on any atom is -0.481 e. The van der Waals surface area contributed by atoms with Crippen molar-refractivity contribution < 1.29 is 14.7 Å². The normalized spacial score (nSPS) is 20.4. The number of hydrogen-bond acceptors (Lipinski definition) is 4. The molecule has 3 N–H and O–H groups in total. The Morgan fingerprint density at radius 1 is 1.19 bits per heavy atom. The summed E-state index contributed by atoms with van der Waals surface area (Å²) < 4.78 is 0. The number of benzene rings is 1. The lowest BCUT2D eigenvalue weighted by Gasteiger charge is -2.35. The van der Waals surface area contributed by atoms with Crippen LogP contribution in [0.15, 0.2) is 30.3 Å². The number of carbonyl (C=O) groups excluding carboxylic acids is 1. The van der Waals surface area contributed by atoms with E-state index in [1.54, 1.807) is 18.2 Å². The molecule has 1 aliphatic heterocycles. The fourth-order valence-electron chi connectivity index (χ4n) is 4.54. The predicted molar refractivity (Wildman–Crippen MR) is 125 cm³/mol. The summed E-state index contributed by atoms with van der Waals surface area (Å²) >= 11 is 12.1. The minimum atomic E-state index is -0.995. The highest BCUT2D eigenvalue weighted by molar-refractivity contribution is 6.34. The van der Waals surface area contributed by atoms with Gasteiger partial charge in [-0.3, -0.25) is 9.59 Å². The molecular formula is C24H27Cl2N3O3. The van der Waals surface area contributed by atoms with Crippen molar-refractivity contribution in [3.8, 4) is 0 Å². The maximum atomic E-state index is 12.8. The first-order valence-electron chi connectivity index (χ1n) is 11.1. The van der Waals surface area contributed by atoms with Crippen LogP contribution in [0.2, 0.25) is 10.0 Å². The molecule has 1 atom stereocenters. The van der Waals surface area contributed by atoms with E-state index in [0.717, 1.165) is 56.6 Å². The third-order valence-electron chi connectivity index (χ3n) is 6.35. The van der Waals surface area contributed by atoms with Crippen molar-refractivity contribution in [2.45, 2.75) is 51.0 Å². The largest absolute Gasteiger partial charge is 0.481 e. The van der Waals surface area contributed by atoms with E-state index in [-0.39, 0.29) is 18.2 Å². The topological polar surface area (TPSA) is 91.3 Å². The molecule has 1 aromatic heterocycles. The van der Waals surface area contributed by atoms with E-state index in [1.807, 2.05) is 0 Å². The van der Waals surface area contributed by atoms with Crippen LogP contribution in [0.25, 0.3) is 0 Å². The first-order valence-corrected chi connectivity index (χ1v) is 11.8. The standard InChI is InChI=1S/C24H27Cl2N3O3/c25-18-10-16(11-19(26)12-18)21(13-22(30)31)29-24(32)17-8-14(9-17)3-5-20-6-4-15-2-1-7-27-23(15)28-20/h4,6,10-12,14,17,21H,1-3,5,7-9,13H2,(H,27,28)(H,29,32)(H,30,31)/t14?,17?,21-/m0/s1. The second kappa shape index (κ2) is 10.1. The van der Waals surface area contributed by atoms with Crippen molar-refractivity contribution in [2.24, 2.45) is 11.8 Å². The van der Waals surface area contributed by atoms with Gasteiger partial charge in [0.1, 0.15) is 5.82 Å². The molecule has 2 heterocycles. The molecule has 0 saturated heterocycles. The van der Waals surface area contributed by atoms with Gasteiger partial charge in [-0.2, -0.15) is 0 Å². The van der Waals surface area contributed by atoms with E-state index in [0.29, 0.717) is 21.5 Å². The summed E-state index contributed by atoms with van der Waals surface area (Å²) in [6, 6.07) is 8.49. The number of pyridine rings is 1. The molecular weight excluding hydrogens is 449 g/mol. The lowest BCUT2D eigenvalue weighted by molar-refractivity contribution is -0.138. The number of carboxylic acid groups (broad SMARTS) is 1. The summed E-state index contributed by atoms with van der Waals surface area (Å²) in [6.07, 6.45) is 5.53. The van der Waals surface area contributed by atoms with Crippen molar-refractivity contribution in [3.63, 3.8) is 0 Å². The van der Waals surface area contributed by atoms with Gasteiger partial charge in [0.25, 0.3) is 0 Å². The number of fused-ring (bicyclic) bond motifs is 1. The Bertz CT molecular complexity index is 988. The van der Waals surface area contributed by atoms with E-state index in [9.17, 15) is 14.7 Å². The molecule has 8 heteroatoms. The first kappa shape index (κ1) is 22.9. The van der Waals surface area contributed by atoms with Crippen LogP contribution in [0.1, 0.15) is 55.0 Å². The van der Waals surface area contributed by atoms with Gasteiger partial charge in [-0.25, -0.2) is 4.98 Å².